The first-order valence-corrected chi connectivity index (χ1v) is 13.8. The molecule has 2 aliphatic heterocycles. The number of nitrogens with zero attached hydrogens (tertiary/aromatic N) is 4. The Morgan fingerprint density at radius 1 is 0.972 bits per heavy atom. The monoisotopic (exact) mass is 491 g/mol. The molecule has 0 radical (unpaired) electrons. The van der Waals surface area contributed by atoms with Crippen LogP contribution in [0.2, 0.25) is 0 Å². The van der Waals surface area contributed by atoms with Crippen molar-refractivity contribution in [1.82, 2.24) is 14.9 Å². The third-order valence-corrected chi connectivity index (χ3v) is 8.52. The Morgan fingerprint density at radius 2 is 1.67 bits per heavy atom. The average molecular weight is 492 g/mol. The number of primary amides is 1. The van der Waals surface area contributed by atoms with Crippen LogP contribution >= 0.6 is 0 Å². The quantitative estimate of drug-likeness (QED) is 0.511. The summed E-state index contributed by atoms with van der Waals surface area (Å²) in [6, 6.07) is 9.40. The summed E-state index contributed by atoms with van der Waals surface area (Å²) in [4.78, 5) is 26.1. The van der Waals surface area contributed by atoms with Crippen molar-refractivity contribution in [3.8, 4) is 0 Å². The van der Waals surface area contributed by atoms with Crippen LogP contribution in [0.4, 0.5) is 17.3 Å². The van der Waals surface area contributed by atoms with Gasteiger partial charge in [-0.2, -0.15) is 0 Å². The molecule has 1 amide bonds. The molecule has 1 aromatic carbocycles. The summed E-state index contributed by atoms with van der Waals surface area (Å²) >= 11 is 0. The van der Waals surface area contributed by atoms with Crippen molar-refractivity contribution in [1.29, 1.82) is 0 Å². The molecule has 2 saturated heterocycles. The van der Waals surface area contributed by atoms with Gasteiger partial charge in [-0.3, -0.25) is 4.79 Å². The molecule has 8 nitrogen and oxygen atoms in total. The van der Waals surface area contributed by atoms with E-state index in [4.69, 9.17) is 16.5 Å². The lowest BCUT2D eigenvalue weighted by Crippen LogP contribution is -2.39. The van der Waals surface area contributed by atoms with Crippen molar-refractivity contribution in [3.05, 3.63) is 41.7 Å². The van der Waals surface area contributed by atoms with E-state index in [2.05, 4.69) is 44.4 Å². The number of anilines is 3. The van der Waals surface area contributed by atoms with Gasteiger partial charge >= 0.3 is 0 Å². The Morgan fingerprint density at radius 3 is 2.31 bits per heavy atom. The molecular formula is C28H41N7O. The van der Waals surface area contributed by atoms with Gasteiger partial charge in [0.2, 0.25) is 0 Å². The van der Waals surface area contributed by atoms with Crippen LogP contribution < -0.4 is 21.7 Å². The summed E-state index contributed by atoms with van der Waals surface area (Å²) in [5, 5.41) is 3.31. The molecule has 3 aliphatic rings. The molecule has 0 spiro atoms. The van der Waals surface area contributed by atoms with Gasteiger partial charge in [0, 0.05) is 24.8 Å². The van der Waals surface area contributed by atoms with Crippen molar-refractivity contribution in [3.63, 3.8) is 0 Å². The maximum atomic E-state index is 12.0. The van der Waals surface area contributed by atoms with E-state index in [1.165, 1.54) is 57.2 Å². The van der Waals surface area contributed by atoms with E-state index in [9.17, 15) is 4.79 Å². The Hall–Kier alpha value is -2.71. The number of hydrogen-bond donors (Lipinski definition) is 3. The number of hydrogen-bond acceptors (Lipinski definition) is 7. The summed E-state index contributed by atoms with van der Waals surface area (Å²) in [6.45, 7) is 5.00. The predicted octanol–water partition coefficient (Wildman–Crippen LogP) is 4.01. The highest BCUT2D eigenvalue weighted by Gasteiger charge is 2.28. The Balaban J connectivity index is 1.23. The summed E-state index contributed by atoms with van der Waals surface area (Å²) in [6.07, 6.45) is 13.0. The number of nitrogens with one attached hydrogen (secondary N) is 1. The van der Waals surface area contributed by atoms with Crippen molar-refractivity contribution >= 4 is 23.2 Å². The molecule has 3 heterocycles. The summed E-state index contributed by atoms with van der Waals surface area (Å²) < 4.78 is 0. The summed E-state index contributed by atoms with van der Waals surface area (Å²) in [5.41, 5.74) is 13.8. The van der Waals surface area contributed by atoms with Gasteiger partial charge in [0.15, 0.2) is 11.5 Å². The lowest BCUT2D eigenvalue weighted by atomic mass is 9.88. The molecule has 194 valence electrons. The minimum absolute atomic E-state index is 0.167. The van der Waals surface area contributed by atoms with Crippen LogP contribution in [-0.4, -0.2) is 59.5 Å². The number of carbonyl (C=O) groups excluding carboxylic acids is 1. The van der Waals surface area contributed by atoms with E-state index in [1.807, 2.05) is 0 Å². The molecule has 8 heteroatoms. The standard InChI is InChI=1S/C28H41N7O/c29-14-9-20-10-15-35(16-11-20)25-19-31-26(27(30)36)28(33-25)32-23-7-5-21(6-8-23)22-12-17-34(18-13-22)24-3-1-2-4-24/h5-8,19-20,22,24H,1-4,9-18,29H2,(H2,30,36)(H,32,33). The highest BCUT2D eigenvalue weighted by atomic mass is 16.1. The van der Waals surface area contributed by atoms with Crippen molar-refractivity contribution in [2.24, 2.45) is 17.4 Å². The zero-order valence-electron chi connectivity index (χ0n) is 21.4. The molecule has 36 heavy (non-hydrogen) atoms. The van der Waals surface area contributed by atoms with Gasteiger partial charge in [0.05, 0.1) is 6.20 Å². The van der Waals surface area contributed by atoms with E-state index < -0.39 is 5.91 Å². The molecule has 0 atom stereocenters. The maximum Gasteiger partial charge on any atom is 0.271 e. The molecule has 2 aromatic rings. The molecule has 5 N–H and O–H groups in total. The fraction of sp³-hybridized carbons (Fsp3) is 0.607. The summed E-state index contributed by atoms with van der Waals surface area (Å²) in [5.74, 6) is 1.91. The molecular weight excluding hydrogens is 450 g/mol. The van der Waals surface area contributed by atoms with Crippen molar-refractivity contribution < 1.29 is 4.79 Å². The fourth-order valence-corrected chi connectivity index (χ4v) is 6.33. The number of nitrogens with two attached hydrogens (primary N) is 2. The second kappa shape index (κ2) is 11.6. The van der Waals surface area contributed by atoms with E-state index in [0.717, 1.165) is 56.4 Å². The van der Waals surface area contributed by atoms with E-state index >= 15 is 0 Å². The second-order valence-corrected chi connectivity index (χ2v) is 10.8. The van der Waals surface area contributed by atoms with Crippen LogP contribution in [0.15, 0.2) is 30.5 Å². The second-order valence-electron chi connectivity index (χ2n) is 10.8. The van der Waals surface area contributed by atoms with E-state index in [0.29, 0.717) is 17.7 Å². The number of carbonyl (C=O) groups is 1. The zero-order chi connectivity index (χ0) is 24.9. The first-order chi connectivity index (χ1) is 17.6. The zero-order valence-corrected chi connectivity index (χ0v) is 21.4. The van der Waals surface area contributed by atoms with Gasteiger partial charge in [-0.25, -0.2) is 9.97 Å². The topological polar surface area (TPSA) is 113 Å². The number of amides is 1. The maximum absolute atomic E-state index is 12.0. The number of aromatic nitrogens is 2. The number of likely N-dealkylation sites (tertiary alicyclic amines) is 1. The minimum atomic E-state index is -0.580. The normalized spacial score (nSPS) is 20.6. The first kappa shape index (κ1) is 25.0. The van der Waals surface area contributed by atoms with Crippen LogP contribution in [0.1, 0.15) is 79.8 Å². The fourth-order valence-electron chi connectivity index (χ4n) is 6.33. The van der Waals surface area contributed by atoms with Crippen molar-refractivity contribution in [2.45, 2.75) is 69.7 Å². The third kappa shape index (κ3) is 5.81. The highest BCUT2D eigenvalue weighted by Crippen LogP contribution is 2.33. The molecule has 1 aromatic heterocycles. The van der Waals surface area contributed by atoms with Crippen molar-refractivity contribution in [2.75, 3.05) is 42.9 Å². The Labute approximate surface area is 214 Å². The van der Waals surface area contributed by atoms with Gasteiger partial charge in [-0.15, -0.1) is 0 Å². The van der Waals surface area contributed by atoms with Gasteiger partial charge in [0.25, 0.3) is 5.91 Å². The Kier molecular flexibility index (Phi) is 8.02. The molecule has 1 saturated carbocycles. The molecule has 3 fully saturated rings. The smallest absolute Gasteiger partial charge is 0.271 e. The van der Waals surface area contributed by atoms with Crippen LogP contribution in [-0.2, 0) is 0 Å². The molecule has 0 bridgehead atoms. The number of benzene rings is 1. The number of rotatable bonds is 8. The average Bonchev–Trinajstić information content (AvgIpc) is 3.45. The molecule has 1 aliphatic carbocycles. The van der Waals surface area contributed by atoms with Gasteiger partial charge in [0.1, 0.15) is 5.82 Å². The first-order valence-electron chi connectivity index (χ1n) is 13.8. The lowest BCUT2D eigenvalue weighted by Gasteiger charge is -2.36. The highest BCUT2D eigenvalue weighted by molar-refractivity contribution is 5.96. The van der Waals surface area contributed by atoms with Crippen LogP contribution in [0.5, 0.6) is 0 Å². The van der Waals surface area contributed by atoms with Crippen LogP contribution in [0.25, 0.3) is 0 Å². The lowest BCUT2D eigenvalue weighted by molar-refractivity contribution is 0.0996. The summed E-state index contributed by atoms with van der Waals surface area (Å²) in [7, 11) is 0. The predicted molar refractivity (Wildman–Crippen MR) is 145 cm³/mol. The molecule has 0 unspecified atom stereocenters. The van der Waals surface area contributed by atoms with E-state index in [1.54, 1.807) is 6.20 Å². The van der Waals surface area contributed by atoms with Crippen LogP contribution in [0.3, 0.4) is 0 Å². The number of piperidine rings is 2. The van der Waals surface area contributed by atoms with E-state index in [-0.39, 0.29) is 5.69 Å². The minimum Gasteiger partial charge on any atom is -0.364 e. The van der Waals surface area contributed by atoms with Gasteiger partial charge in [-0.05, 0) is 94.1 Å². The Bertz CT molecular complexity index is 1010. The SMILES string of the molecule is NCCC1CCN(c2cnc(C(N)=O)c(Nc3ccc(C4CCN(C5CCCC5)CC4)cc3)n2)CC1. The van der Waals surface area contributed by atoms with Gasteiger partial charge < -0.3 is 26.6 Å². The van der Waals surface area contributed by atoms with Gasteiger partial charge in [-0.1, -0.05) is 25.0 Å². The molecule has 5 rings (SSSR count). The largest absolute Gasteiger partial charge is 0.364 e. The third-order valence-electron chi connectivity index (χ3n) is 8.52. The van der Waals surface area contributed by atoms with Crippen LogP contribution in [0, 0.1) is 5.92 Å².